The Kier molecular flexibility index (Phi) is 4.29. The summed E-state index contributed by atoms with van der Waals surface area (Å²) in [5.74, 6) is -0.215. The van der Waals surface area contributed by atoms with Gasteiger partial charge in [-0.15, -0.1) is 11.3 Å². The zero-order chi connectivity index (χ0) is 15.4. The van der Waals surface area contributed by atoms with Crippen LogP contribution in [0.5, 0.6) is 0 Å². The third kappa shape index (κ3) is 2.92. The summed E-state index contributed by atoms with van der Waals surface area (Å²) in [6.45, 7) is 2.01. The number of carbonyl (C=O) groups is 1. The molecule has 2 N–H and O–H groups in total. The van der Waals surface area contributed by atoms with Crippen LogP contribution in [0.25, 0.3) is 10.7 Å². The first kappa shape index (κ1) is 14.5. The van der Waals surface area contributed by atoms with Gasteiger partial charge in [-0.25, -0.2) is 4.98 Å². The predicted molar refractivity (Wildman–Crippen MR) is 87.8 cm³/mol. The van der Waals surface area contributed by atoms with E-state index in [1.807, 2.05) is 42.6 Å². The summed E-state index contributed by atoms with van der Waals surface area (Å²) >= 11 is 1.50. The van der Waals surface area contributed by atoms with E-state index in [-0.39, 0.29) is 11.8 Å². The van der Waals surface area contributed by atoms with E-state index in [4.69, 9.17) is 0 Å². The molecule has 6 heteroatoms. The maximum atomic E-state index is 12.6. The van der Waals surface area contributed by atoms with Crippen molar-refractivity contribution in [1.29, 1.82) is 0 Å². The van der Waals surface area contributed by atoms with Crippen LogP contribution in [0.3, 0.4) is 0 Å². The number of rotatable bonds is 5. The molecule has 0 aliphatic carbocycles. The summed E-state index contributed by atoms with van der Waals surface area (Å²) in [5.41, 5.74) is 2.42. The number of carbonyl (C=O) groups excluding carboxylic acids is 1. The van der Waals surface area contributed by atoms with E-state index in [2.05, 4.69) is 20.5 Å². The van der Waals surface area contributed by atoms with Crippen LogP contribution in [-0.4, -0.2) is 21.1 Å². The second-order valence-electron chi connectivity index (χ2n) is 4.86. The van der Waals surface area contributed by atoms with E-state index in [0.717, 1.165) is 22.7 Å². The standard InChI is InChI=1S/C16H16N4OS/c1-2-12(11-6-4-3-5-7-11)15(21)19-13-10-18-20-14(13)16-17-8-9-22-16/h3-10,12H,2H2,1H3,(H,18,20)(H,19,21)/t12-/m0/s1. The van der Waals surface area contributed by atoms with Crippen LogP contribution in [0, 0.1) is 0 Å². The summed E-state index contributed by atoms with van der Waals surface area (Å²) in [7, 11) is 0. The van der Waals surface area contributed by atoms with Gasteiger partial charge in [0.2, 0.25) is 5.91 Å². The van der Waals surface area contributed by atoms with Crippen molar-refractivity contribution >= 4 is 22.9 Å². The average Bonchev–Trinajstić information content (AvgIpc) is 3.20. The fourth-order valence-corrected chi connectivity index (χ4v) is 3.01. The second kappa shape index (κ2) is 6.53. The van der Waals surface area contributed by atoms with E-state index < -0.39 is 0 Å². The smallest absolute Gasteiger partial charge is 0.232 e. The fourth-order valence-electron chi connectivity index (χ4n) is 2.37. The summed E-state index contributed by atoms with van der Waals surface area (Å²) in [5, 5.41) is 12.6. The van der Waals surface area contributed by atoms with E-state index >= 15 is 0 Å². The van der Waals surface area contributed by atoms with Gasteiger partial charge < -0.3 is 5.32 Å². The molecule has 2 heterocycles. The minimum absolute atomic E-state index is 0.0343. The molecular formula is C16H16N4OS. The molecule has 0 saturated carbocycles. The lowest BCUT2D eigenvalue weighted by atomic mass is 9.95. The van der Waals surface area contributed by atoms with Crippen molar-refractivity contribution in [3.63, 3.8) is 0 Å². The fraction of sp³-hybridized carbons (Fsp3) is 0.188. The molecule has 2 aromatic heterocycles. The molecule has 0 saturated heterocycles. The van der Waals surface area contributed by atoms with Crippen LogP contribution in [0.4, 0.5) is 5.69 Å². The normalized spacial score (nSPS) is 12.0. The number of thiazole rings is 1. The van der Waals surface area contributed by atoms with Crippen LogP contribution in [-0.2, 0) is 4.79 Å². The Morgan fingerprint density at radius 1 is 1.36 bits per heavy atom. The molecule has 0 bridgehead atoms. The topological polar surface area (TPSA) is 70.7 Å². The van der Waals surface area contributed by atoms with Gasteiger partial charge in [-0.3, -0.25) is 9.89 Å². The molecule has 0 radical (unpaired) electrons. The molecule has 0 aliphatic heterocycles. The highest BCUT2D eigenvalue weighted by Crippen LogP contribution is 2.28. The molecule has 1 atom stereocenters. The number of nitrogens with zero attached hydrogens (tertiary/aromatic N) is 2. The highest BCUT2D eigenvalue weighted by atomic mass is 32.1. The molecule has 3 rings (SSSR count). The summed E-state index contributed by atoms with van der Waals surface area (Å²) in [4.78, 5) is 16.8. The number of aromatic amines is 1. The number of nitrogens with one attached hydrogen (secondary N) is 2. The Bertz CT molecular complexity index is 737. The van der Waals surface area contributed by atoms with Crippen molar-refractivity contribution in [3.8, 4) is 10.7 Å². The van der Waals surface area contributed by atoms with Gasteiger partial charge in [-0.05, 0) is 12.0 Å². The zero-order valence-corrected chi connectivity index (χ0v) is 12.9. The van der Waals surface area contributed by atoms with Gasteiger partial charge in [0, 0.05) is 11.6 Å². The zero-order valence-electron chi connectivity index (χ0n) is 12.1. The van der Waals surface area contributed by atoms with Crippen molar-refractivity contribution in [2.45, 2.75) is 19.3 Å². The van der Waals surface area contributed by atoms with Crippen molar-refractivity contribution in [3.05, 3.63) is 53.7 Å². The van der Waals surface area contributed by atoms with Gasteiger partial charge in [0.05, 0.1) is 17.8 Å². The molecule has 5 nitrogen and oxygen atoms in total. The number of hydrogen-bond acceptors (Lipinski definition) is 4. The van der Waals surface area contributed by atoms with Crippen LogP contribution < -0.4 is 5.32 Å². The molecule has 0 aliphatic rings. The highest BCUT2D eigenvalue weighted by molar-refractivity contribution is 7.13. The average molecular weight is 312 g/mol. The molecule has 0 unspecified atom stereocenters. The highest BCUT2D eigenvalue weighted by Gasteiger charge is 2.20. The number of anilines is 1. The Labute approximate surface area is 132 Å². The molecule has 22 heavy (non-hydrogen) atoms. The number of H-pyrrole nitrogens is 1. The molecule has 0 spiro atoms. The summed E-state index contributed by atoms with van der Waals surface area (Å²) < 4.78 is 0. The van der Waals surface area contributed by atoms with E-state index in [0.29, 0.717) is 5.69 Å². The molecular weight excluding hydrogens is 296 g/mol. The first-order chi connectivity index (χ1) is 10.8. The summed E-state index contributed by atoms with van der Waals surface area (Å²) in [6.07, 6.45) is 4.08. The van der Waals surface area contributed by atoms with E-state index in [9.17, 15) is 4.79 Å². The molecule has 1 aromatic carbocycles. The Balaban J connectivity index is 1.81. The maximum Gasteiger partial charge on any atom is 0.232 e. The number of benzene rings is 1. The maximum absolute atomic E-state index is 12.6. The van der Waals surface area contributed by atoms with Gasteiger partial charge in [-0.1, -0.05) is 37.3 Å². The lowest BCUT2D eigenvalue weighted by Gasteiger charge is -2.15. The predicted octanol–water partition coefficient (Wildman–Crippen LogP) is 3.67. The Morgan fingerprint density at radius 2 is 2.18 bits per heavy atom. The van der Waals surface area contributed by atoms with E-state index in [1.165, 1.54) is 11.3 Å². The third-order valence-electron chi connectivity index (χ3n) is 3.47. The van der Waals surface area contributed by atoms with Crippen LogP contribution in [0.15, 0.2) is 48.1 Å². The third-order valence-corrected chi connectivity index (χ3v) is 4.26. The monoisotopic (exact) mass is 312 g/mol. The quantitative estimate of drug-likeness (QED) is 0.755. The Hall–Kier alpha value is -2.47. The van der Waals surface area contributed by atoms with Gasteiger partial charge >= 0.3 is 0 Å². The van der Waals surface area contributed by atoms with Crippen molar-refractivity contribution in [2.24, 2.45) is 0 Å². The molecule has 1 amide bonds. The van der Waals surface area contributed by atoms with Gasteiger partial charge in [0.15, 0.2) is 0 Å². The largest absolute Gasteiger partial charge is 0.322 e. The molecule has 0 fully saturated rings. The van der Waals surface area contributed by atoms with Gasteiger partial charge in [0.1, 0.15) is 10.7 Å². The summed E-state index contributed by atoms with van der Waals surface area (Å²) in [6, 6.07) is 9.80. The van der Waals surface area contributed by atoms with Crippen molar-refractivity contribution in [2.75, 3.05) is 5.32 Å². The number of amides is 1. The van der Waals surface area contributed by atoms with Crippen molar-refractivity contribution in [1.82, 2.24) is 15.2 Å². The molecule has 3 aromatic rings. The van der Waals surface area contributed by atoms with Crippen LogP contribution in [0.1, 0.15) is 24.8 Å². The van der Waals surface area contributed by atoms with E-state index in [1.54, 1.807) is 12.4 Å². The van der Waals surface area contributed by atoms with Crippen LogP contribution in [0.2, 0.25) is 0 Å². The molecule has 112 valence electrons. The van der Waals surface area contributed by atoms with Gasteiger partial charge in [0.25, 0.3) is 0 Å². The number of hydrogen-bond donors (Lipinski definition) is 2. The minimum atomic E-state index is -0.180. The number of aromatic nitrogens is 3. The first-order valence-electron chi connectivity index (χ1n) is 7.08. The van der Waals surface area contributed by atoms with Crippen molar-refractivity contribution < 1.29 is 4.79 Å². The Morgan fingerprint density at radius 3 is 2.86 bits per heavy atom. The van der Waals surface area contributed by atoms with Gasteiger partial charge in [-0.2, -0.15) is 5.10 Å². The first-order valence-corrected chi connectivity index (χ1v) is 7.96. The SMILES string of the molecule is CC[C@H](C(=O)Nc1cn[nH]c1-c1nccs1)c1ccccc1. The second-order valence-corrected chi connectivity index (χ2v) is 5.75. The van der Waals surface area contributed by atoms with Crippen LogP contribution >= 0.6 is 11.3 Å². The minimum Gasteiger partial charge on any atom is -0.322 e. The lowest BCUT2D eigenvalue weighted by molar-refractivity contribution is -0.117. The lowest BCUT2D eigenvalue weighted by Crippen LogP contribution is -2.20.